The van der Waals surface area contributed by atoms with Gasteiger partial charge < -0.3 is 10.1 Å². The SMILES string of the molecule is CCOC(=O)CC(=O)c1cnc(SC)nc1NC1CCCC1. The van der Waals surface area contributed by atoms with Gasteiger partial charge in [0.2, 0.25) is 0 Å². The number of anilines is 1. The molecule has 0 unspecified atom stereocenters. The Balaban J connectivity index is 2.17. The molecular formula is C15H21N3O3S. The first-order valence-corrected chi connectivity index (χ1v) is 8.73. The molecule has 1 aromatic heterocycles. The van der Waals surface area contributed by atoms with Crippen LogP contribution in [0.4, 0.5) is 5.82 Å². The van der Waals surface area contributed by atoms with Gasteiger partial charge >= 0.3 is 5.97 Å². The first-order chi connectivity index (χ1) is 10.6. The number of esters is 1. The molecule has 0 atom stereocenters. The predicted octanol–water partition coefficient (Wildman–Crippen LogP) is 2.69. The minimum Gasteiger partial charge on any atom is -0.466 e. The van der Waals surface area contributed by atoms with Gasteiger partial charge in [-0.2, -0.15) is 0 Å². The number of Topliss-reactive ketones (excluding diaryl/α,β-unsaturated/α-hetero) is 1. The van der Waals surface area contributed by atoms with Crippen LogP contribution in [0.1, 0.15) is 49.4 Å². The Bertz CT molecular complexity index is 545. The summed E-state index contributed by atoms with van der Waals surface area (Å²) < 4.78 is 4.83. The van der Waals surface area contributed by atoms with E-state index in [0.717, 1.165) is 12.8 Å². The fourth-order valence-electron chi connectivity index (χ4n) is 2.48. The summed E-state index contributed by atoms with van der Waals surface area (Å²) in [7, 11) is 0. The minimum absolute atomic E-state index is 0.265. The molecule has 0 radical (unpaired) electrons. The first kappa shape index (κ1) is 16.7. The van der Waals surface area contributed by atoms with Gasteiger partial charge in [0.1, 0.15) is 12.2 Å². The van der Waals surface area contributed by atoms with Gasteiger partial charge in [0.25, 0.3) is 0 Å². The molecule has 0 saturated heterocycles. The Morgan fingerprint density at radius 1 is 1.41 bits per heavy atom. The van der Waals surface area contributed by atoms with E-state index in [2.05, 4.69) is 15.3 Å². The van der Waals surface area contributed by atoms with Crippen molar-refractivity contribution in [1.82, 2.24) is 9.97 Å². The van der Waals surface area contributed by atoms with Gasteiger partial charge in [0, 0.05) is 12.2 Å². The number of nitrogens with one attached hydrogen (secondary N) is 1. The first-order valence-electron chi connectivity index (χ1n) is 7.50. The largest absolute Gasteiger partial charge is 0.466 e. The topological polar surface area (TPSA) is 81.2 Å². The van der Waals surface area contributed by atoms with Crippen molar-refractivity contribution < 1.29 is 14.3 Å². The summed E-state index contributed by atoms with van der Waals surface area (Å²) in [6, 6.07) is 0.332. The molecule has 0 bridgehead atoms. The maximum Gasteiger partial charge on any atom is 0.313 e. The number of ether oxygens (including phenoxy) is 1. The summed E-state index contributed by atoms with van der Waals surface area (Å²) in [6.45, 7) is 1.98. The van der Waals surface area contributed by atoms with Crippen molar-refractivity contribution in [1.29, 1.82) is 0 Å². The number of carbonyl (C=O) groups excluding carboxylic acids is 2. The lowest BCUT2D eigenvalue weighted by atomic mass is 10.1. The number of rotatable bonds is 7. The van der Waals surface area contributed by atoms with Crippen molar-refractivity contribution in [3.05, 3.63) is 11.8 Å². The fourth-order valence-corrected chi connectivity index (χ4v) is 2.82. The number of thioether (sulfide) groups is 1. The Morgan fingerprint density at radius 2 is 2.14 bits per heavy atom. The van der Waals surface area contributed by atoms with Crippen molar-refractivity contribution in [2.45, 2.75) is 50.2 Å². The summed E-state index contributed by atoms with van der Waals surface area (Å²) in [4.78, 5) is 32.3. The van der Waals surface area contributed by atoms with Gasteiger partial charge in [-0.05, 0) is 26.0 Å². The highest BCUT2D eigenvalue weighted by Gasteiger charge is 2.22. The van der Waals surface area contributed by atoms with Crippen molar-refractivity contribution in [2.75, 3.05) is 18.2 Å². The Kier molecular flexibility index (Phi) is 6.18. The predicted molar refractivity (Wildman–Crippen MR) is 85.3 cm³/mol. The summed E-state index contributed by atoms with van der Waals surface area (Å²) in [6.07, 6.45) is 7.62. The molecule has 1 saturated carbocycles. The molecule has 1 aliphatic rings. The quantitative estimate of drug-likeness (QED) is 0.272. The summed E-state index contributed by atoms with van der Waals surface area (Å²) in [5.41, 5.74) is 0.359. The number of nitrogens with zero attached hydrogens (tertiary/aromatic N) is 2. The average Bonchev–Trinajstić information content (AvgIpc) is 3.00. The van der Waals surface area contributed by atoms with Crippen LogP contribution in [0.15, 0.2) is 11.4 Å². The molecule has 0 aliphatic heterocycles. The van der Waals surface area contributed by atoms with Gasteiger partial charge in [0.15, 0.2) is 10.9 Å². The Morgan fingerprint density at radius 3 is 2.77 bits per heavy atom. The lowest BCUT2D eigenvalue weighted by Crippen LogP contribution is -2.20. The molecule has 0 amide bonds. The van der Waals surface area contributed by atoms with Crippen LogP contribution in [-0.2, 0) is 9.53 Å². The van der Waals surface area contributed by atoms with Gasteiger partial charge in [-0.1, -0.05) is 24.6 Å². The zero-order valence-corrected chi connectivity index (χ0v) is 13.7. The van der Waals surface area contributed by atoms with Crippen LogP contribution < -0.4 is 5.32 Å². The smallest absolute Gasteiger partial charge is 0.313 e. The van der Waals surface area contributed by atoms with E-state index in [0.29, 0.717) is 22.6 Å². The molecule has 7 heteroatoms. The lowest BCUT2D eigenvalue weighted by Gasteiger charge is -2.15. The van der Waals surface area contributed by atoms with Crippen LogP contribution in [-0.4, -0.2) is 40.6 Å². The molecule has 1 N–H and O–H groups in total. The molecule has 1 aliphatic carbocycles. The molecule has 6 nitrogen and oxygen atoms in total. The zero-order valence-electron chi connectivity index (χ0n) is 12.9. The lowest BCUT2D eigenvalue weighted by molar-refractivity contribution is -0.141. The monoisotopic (exact) mass is 323 g/mol. The molecule has 1 fully saturated rings. The van der Waals surface area contributed by atoms with E-state index in [-0.39, 0.29) is 18.8 Å². The third kappa shape index (κ3) is 4.43. The number of hydrogen-bond donors (Lipinski definition) is 1. The molecule has 1 heterocycles. The maximum atomic E-state index is 12.3. The number of ketones is 1. The van der Waals surface area contributed by atoms with E-state index in [1.165, 1.54) is 30.8 Å². The van der Waals surface area contributed by atoms with Crippen LogP contribution in [0, 0.1) is 0 Å². The van der Waals surface area contributed by atoms with E-state index in [1.54, 1.807) is 6.92 Å². The van der Waals surface area contributed by atoms with Crippen molar-refractivity contribution in [2.24, 2.45) is 0 Å². The highest BCUT2D eigenvalue weighted by molar-refractivity contribution is 7.98. The van der Waals surface area contributed by atoms with E-state index in [4.69, 9.17) is 4.74 Å². The third-order valence-electron chi connectivity index (χ3n) is 3.56. The van der Waals surface area contributed by atoms with Crippen LogP contribution in [0.3, 0.4) is 0 Å². The highest BCUT2D eigenvalue weighted by Crippen LogP contribution is 2.25. The van der Waals surface area contributed by atoms with E-state index >= 15 is 0 Å². The highest BCUT2D eigenvalue weighted by atomic mass is 32.2. The average molecular weight is 323 g/mol. The van der Waals surface area contributed by atoms with Gasteiger partial charge in [0.05, 0.1) is 12.2 Å². The van der Waals surface area contributed by atoms with Gasteiger partial charge in [-0.3, -0.25) is 9.59 Å². The second-order valence-corrected chi connectivity index (χ2v) is 5.92. The molecule has 0 aromatic carbocycles. The summed E-state index contributed by atoms with van der Waals surface area (Å²) in [5, 5.41) is 3.94. The Hall–Kier alpha value is -1.63. The van der Waals surface area contributed by atoms with Crippen molar-refractivity contribution >= 4 is 29.3 Å². The van der Waals surface area contributed by atoms with E-state index < -0.39 is 5.97 Å². The van der Waals surface area contributed by atoms with E-state index in [1.807, 2.05) is 6.26 Å². The molecular weight excluding hydrogens is 302 g/mol. The number of aromatic nitrogens is 2. The summed E-state index contributed by atoms with van der Waals surface area (Å²) >= 11 is 1.42. The van der Waals surface area contributed by atoms with Crippen molar-refractivity contribution in [3.8, 4) is 0 Å². The molecule has 22 heavy (non-hydrogen) atoms. The van der Waals surface area contributed by atoms with Crippen molar-refractivity contribution in [3.63, 3.8) is 0 Å². The third-order valence-corrected chi connectivity index (χ3v) is 4.12. The van der Waals surface area contributed by atoms with Crippen LogP contribution in [0.5, 0.6) is 0 Å². The van der Waals surface area contributed by atoms with Crippen LogP contribution in [0.2, 0.25) is 0 Å². The maximum absolute atomic E-state index is 12.3. The normalized spacial score (nSPS) is 14.8. The fraction of sp³-hybridized carbons (Fsp3) is 0.600. The second-order valence-electron chi connectivity index (χ2n) is 5.15. The number of hydrogen-bond acceptors (Lipinski definition) is 7. The zero-order chi connectivity index (χ0) is 15.9. The molecule has 1 aromatic rings. The minimum atomic E-state index is -0.520. The molecule has 0 spiro atoms. The molecule has 120 valence electrons. The van der Waals surface area contributed by atoms with Gasteiger partial charge in [-0.25, -0.2) is 9.97 Å². The second kappa shape index (κ2) is 8.12. The van der Waals surface area contributed by atoms with Crippen LogP contribution >= 0.6 is 11.8 Å². The summed E-state index contributed by atoms with van der Waals surface area (Å²) in [5.74, 6) is -0.305. The van der Waals surface area contributed by atoms with Crippen LogP contribution in [0.25, 0.3) is 0 Å². The molecule has 2 rings (SSSR count). The van der Waals surface area contributed by atoms with Gasteiger partial charge in [-0.15, -0.1) is 0 Å². The Labute approximate surface area is 134 Å². The van der Waals surface area contributed by atoms with E-state index in [9.17, 15) is 9.59 Å². The number of carbonyl (C=O) groups is 2. The standard InChI is InChI=1S/C15H21N3O3S/c1-3-21-13(20)8-12(19)11-9-16-15(22-2)18-14(11)17-10-6-4-5-7-10/h9-10H,3-8H2,1-2H3,(H,16,17,18).